The van der Waals surface area contributed by atoms with Crippen molar-refractivity contribution in [1.29, 1.82) is 0 Å². The highest BCUT2D eigenvalue weighted by Gasteiger charge is 2.49. The number of ether oxygens (including phenoxy) is 1. The number of hydrogen-bond acceptors (Lipinski definition) is 4. The van der Waals surface area contributed by atoms with Crippen LogP contribution in [-0.4, -0.2) is 41.5 Å². The smallest absolute Gasteiger partial charge is 0.354 e. The molecule has 7 heteroatoms. The van der Waals surface area contributed by atoms with Crippen molar-refractivity contribution in [2.24, 2.45) is 5.41 Å². The van der Waals surface area contributed by atoms with Gasteiger partial charge in [0.1, 0.15) is 11.5 Å². The van der Waals surface area contributed by atoms with Gasteiger partial charge < -0.3 is 14.6 Å². The molecular weight excluding hydrogens is 433 g/mol. The van der Waals surface area contributed by atoms with Crippen LogP contribution in [0.25, 0.3) is 16.6 Å². The number of aromatic nitrogens is 1. The first-order chi connectivity index (χ1) is 16.4. The Morgan fingerprint density at radius 3 is 2.79 bits per heavy atom. The molecule has 4 heterocycles. The Balaban J connectivity index is 1.52. The molecule has 2 aromatic carbocycles. The van der Waals surface area contributed by atoms with Crippen LogP contribution in [0.2, 0.25) is 0 Å². The van der Waals surface area contributed by atoms with Gasteiger partial charge in [0.15, 0.2) is 0 Å². The number of nitrogens with zero attached hydrogens (tertiary/aromatic N) is 2. The van der Waals surface area contributed by atoms with Gasteiger partial charge in [-0.25, -0.2) is 9.18 Å². The monoisotopic (exact) mass is 459 g/mol. The largest absolute Gasteiger partial charge is 0.464 e. The summed E-state index contributed by atoms with van der Waals surface area (Å²) in [4.78, 5) is 28.2. The van der Waals surface area contributed by atoms with Crippen LogP contribution in [0, 0.1) is 11.2 Å². The molecule has 0 spiro atoms. The van der Waals surface area contributed by atoms with Crippen molar-refractivity contribution in [2.75, 3.05) is 25.5 Å². The third kappa shape index (κ3) is 2.96. The van der Waals surface area contributed by atoms with Gasteiger partial charge >= 0.3 is 5.97 Å². The highest BCUT2D eigenvalue weighted by atomic mass is 19.1. The van der Waals surface area contributed by atoms with E-state index >= 15 is 0 Å². The fourth-order valence-corrected chi connectivity index (χ4v) is 6.22. The topological polar surface area (TPSA) is 63.6 Å². The minimum atomic E-state index is -0.568. The first kappa shape index (κ1) is 21.1. The van der Waals surface area contributed by atoms with Crippen molar-refractivity contribution in [1.82, 2.24) is 9.47 Å². The van der Waals surface area contributed by atoms with Crippen LogP contribution in [-0.2, 0) is 16.0 Å². The Labute approximate surface area is 197 Å². The van der Waals surface area contributed by atoms with E-state index in [-0.39, 0.29) is 23.0 Å². The number of carbonyl (C=O) groups is 2. The quantitative estimate of drug-likeness (QED) is 0.574. The van der Waals surface area contributed by atoms with Crippen molar-refractivity contribution in [3.05, 3.63) is 71.2 Å². The predicted octanol–water partition coefficient (Wildman–Crippen LogP) is 4.76. The van der Waals surface area contributed by atoms with E-state index in [0.717, 1.165) is 48.9 Å². The van der Waals surface area contributed by atoms with E-state index in [4.69, 9.17) is 4.74 Å². The third-order valence-corrected chi connectivity index (χ3v) is 7.65. The van der Waals surface area contributed by atoms with Crippen molar-refractivity contribution in [2.45, 2.75) is 32.2 Å². The zero-order valence-corrected chi connectivity index (χ0v) is 19.2. The van der Waals surface area contributed by atoms with Gasteiger partial charge in [0.25, 0.3) is 5.91 Å². The zero-order valence-electron chi connectivity index (χ0n) is 19.2. The number of methoxy groups -OCH3 is 1. The molecule has 2 atom stereocenters. The number of halogens is 1. The van der Waals surface area contributed by atoms with Crippen molar-refractivity contribution in [3.8, 4) is 0 Å². The highest BCUT2D eigenvalue weighted by Crippen LogP contribution is 2.55. The average Bonchev–Trinajstić information content (AvgIpc) is 3.16. The fraction of sp³-hybridized carbons (Fsp3) is 0.333. The van der Waals surface area contributed by atoms with E-state index in [0.29, 0.717) is 11.4 Å². The standard InChI is InChI=1S/C27H26FN3O3/c1-27-11-5-12-30-13-10-18-17-9-8-16(29-25(32)19-6-3-4-7-20(19)28)14-21(17)31(23(18)24(27)30)22(15-27)26(33)34-2/h3-4,6-9,14-15,24H,5,10-13H2,1-2H3,(H,29,32)/t24-,27+/m0/s1. The lowest BCUT2D eigenvalue weighted by molar-refractivity contribution is -0.134. The van der Waals surface area contributed by atoms with E-state index in [9.17, 15) is 14.0 Å². The third-order valence-electron chi connectivity index (χ3n) is 7.65. The number of anilines is 1. The minimum Gasteiger partial charge on any atom is -0.464 e. The van der Waals surface area contributed by atoms with Crippen LogP contribution in [0.1, 0.15) is 47.4 Å². The summed E-state index contributed by atoms with van der Waals surface area (Å²) >= 11 is 0. The molecule has 34 heavy (non-hydrogen) atoms. The second-order valence-electron chi connectivity index (χ2n) is 9.68. The van der Waals surface area contributed by atoms with Crippen molar-refractivity contribution < 1.29 is 18.7 Å². The number of benzene rings is 2. The Kier molecular flexibility index (Phi) is 4.68. The molecule has 6 nitrogen and oxygen atoms in total. The molecular formula is C27H26FN3O3. The first-order valence-electron chi connectivity index (χ1n) is 11.7. The minimum absolute atomic E-state index is 0.0119. The zero-order chi connectivity index (χ0) is 23.6. The van der Waals surface area contributed by atoms with Gasteiger partial charge in [-0.15, -0.1) is 0 Å². The normalized spacial score (nSPS) is 23.3. The van der Waals surface area contributed by atoms with Gasteiger partial charge in [0.2, 0.25) is 0 Å². The number of piperidine rings is 1. The lowest BCUT2D eigenvalue weighted by atomic mass is 9.69. The van der Waals surface area contributed by atoms with Gasteiger partial charge in [-0.1, -0.05) is 25.1 Å². The van der Waals surface area contributed by atoms with Gasteiger partial charge in [-0.3, -0.25) is 9.69 Å². The molecule has 0 aliphatic carbocycles. The number of fused-ring (bicyclic) bond motifs is 3. The summed E-state index contributed by atoms with van der Waals surface area (Å²) in [5, 5.41) is 3.89. The van der Waals surface area contributed by atoms with Crippen LogP contribution >= 0.6 is 0 Å². The highest BCUT2D eigenvalue weighted by molar-refractivity contribution is 6.14. The molecule has 0 bridgehead atoms. The lowest BCUT2D eigenvalue weighted by Gasteiger charge is -2.52. The number of nitrogens with one attached hydrogen (secondary N) is 1. The molecule has 174 valence electrons. The number of rotatable bonds is 3. The molecule has 0 unspecified atom stereocenters. The molecule has 3 aliphatic heterocycles. The van der Waals surface area contributed by atoms with E-state index < -0.39 is 11.7 Å². The first-order valence-corrected chi connectivity index (χ1v) is 11.7. The number of esters is 1. The van der Waals surface area contributed by atoms with Crippen molar-refractivity contribution in [3.63, 3.8) is 0 Å². The SMILES string of the molecule is COC(=O)C1=C[C@@]2(C)CCCN3CCc4c(n1c1cc(NC(=O)c5ccccc5F)ccc41)[C@H]32. The predicted molar refractivity (Wildman–Crippen MR) is 128 cm³/mol. The van der Waals surface area contributed by atoms with E-state index in [1.807, 2.05) is 22.8 Å². The van der Waals surface area contributed by atoms with Crippen LogP contribution in [0.3, 0.4) is 0 Å². The summed E-state index contributed by atoms with van der Waals surface area (Å²) in [6.07, 6.45) is 5.10. The summed E-state index contributed by atoms with van der Waals surface area (Å²) in [6.45, 7) is 4.27. The van der Waals surface area contributed by atoms with Gasteiger partial charge in [0, 0.05) is 28.7 Å². The Morgan fingerprint density at radius 2 is 2.00 bits per heavy atom. The van der Waals surface area contributed by atoms with Crippen molar-refractivity contribution >= 4 is 34.2 Å². The molecule has 1 N–H and O–H groups in total. The van der Waals surface area contributed by atoms with Gasteiger partial charge in [-0.05, 0) is 61.7 Å². The molecule has 0 saturated carbocycles. The lowest BCUT2D eigenvalue weighted by Crippen LogP contribution is -2.50. The Bertz CT molecular complexity index is 1390. The molecule has 1 aromatic heterocycles. The molecule has 1 saturated heterocycles. The molecule has 3 aliphatic rings. The summed E-state index contributed by atoms with van der Waals surface area (Å²) in [5.41, 5.74) is 4.17. The summed E-state index contributed by atoms with van der Waals surface area (Å²) < 4.78 is 21.3. The van der Waals surface area contributed by atoms with E-state index in [1.54, 1.807) is 12.1 Å². The fourth-order valence-electron chi connectivity index (χ4n) is 6.22. The summed E-state index contributed by atoms with van der Waals surface area (Å²) in [6, 6.07) is 11.8. The van der Waals surface area contributed by atoms with Gasteiger partial charge in [-0.2, -0.15) is 0 Å². The van der Waals surface area contributed by atoms with Gasteiger partial charge in [0.05, 0.1) is 24.2 Å². The molecule has 3 aromatic rings. The number of amides is 1. The van der Waals surface area contributed by atoms with Crippen LogP contribution in [0.15, 0.2) is 48.5 Å². The Hall–Kier alpha value is -3.45. The van der Waals surface area contributed by atoms with Crippen LogP contribution in [0.4, 0.5) is 10.1 Å². The number of hydrogen-bond donors (Lipinski definition) is 1. The second kappa shape index (κ2) is 7.53. The van der Waals surface area contributed by atoms with E-state index in [2.05, 4.69) is 23.2 Å². The number of carbonyl (C=O) groups excluding carboxylic acids is 2. The van der Waals surface area contributed by atoms with Crippen LogP contribution in [0.5, 0.6) is 0 Å². The van der Waals surface area contributed by atoms with E-state index in [1.165, 1.54) is 24.8 Å². The maximum absolute atomic E-state index is 14.1. The second-order valence-corrected chi connectivity index (χ2v) is 9.68. The summed E-state index contributed by atoms with van der Waals surface area (Å²) in [7, 11) is 1.41. The molecule has 0 radical (unpaired) electrons. The Morgan fingerprint density at radius 1 is 1.18 bits per heavy atom. The molecule has 6 rings (SSSR count). The molecule has 1 fully saturated rings. The molecule has 1 amide bonds. The maximum atomic E-state index is 14.1. The summed E-state index contributed by atoms with van der Waals surface area (Å²) in [5.74, 6) is -1.45. The maximum Gasteiger partial charge on any atom is 0.354 e. The van der Waals surface area contributed by atoms with Crippen LogP contribution < -0.4 is 5.32 Å². The average molecular weight is 460 g/mol.